The van der Waals surface area contributed by atoms with Crippen LogP contribution in [0.2, 0.25) is 0 Å². The van der Waals surface area contributed by atoms with Crippen molar-refractivity contribution < 1.29 is 43.0 Å². The molecule has 184 valence electrons. The third-order valence-electron chi connectivity index (χ3n) is 5.42. The molecule has 0 bridgehead atoms. The van der Waals surface area contributed by atoms with Crippen LogP contribution in [0.4, 0.5) is 0 Å². The lowest BCUT2D eigenvalue weighted by Crippen LogP contribution is -2.34. The van der Waals surface area contributed by atoms with Gasteiger partial charge in [-0.2, -0.15) is 5.06 Å². The Morgan fingerprint density at radius 2 is 1.59 bits per heavy atom. The van der Waals surface area contributed by atoms with E-state index in [1.165, 1.54) is 7.11 Å². The van der Waals surface area contributed by atoms with Crippen LogP contribution in [0.5, 0.6) is 5.75 Å². The van der Waals surface area contributed by atoms with Crippen molar-refractivity contribution in [3.63, 3.8) is 0 Å². The molecule has 11 heteroatoms. The minimum atomic E-state index is -4.00. The Kier molecular flexibility index (Phi) is 8.46. The van der Waals surface area contributed by atoms with Crippen molar-refractivity contribution in [2.75, 3.05) is 20.3 Å². The molecule has 0 amide bonds. The molecule has 2 N–H and O–H groups in total. The summed E-state index contributed by atoms with van der Waals surface area (Å²) in [4.78, 5) is 30.1. The van der Waals surface area contributed by atoms with Gasteiger partial charge in [0.25, 0.3) is 0 Å². The zero-order chi connectivity index (χ0) is 24.9. The predicted molar refractivity (Wildman–Crippen MR) is 121 cm³/mol. The van der Waals surface area contributed by atoms with Crippen LogP contribution in [0.15, 0.2) is 54.6 Å². The topological polar surface area (TPSA) is 132 Å². The van der Waals surface area contributed by atoms with Crippen molar-refractivity contribution in [2.45, 2.75) is 31.8 Å². The van der Waals surface area contributed by atoms with Crippen molar-refractivity contribution in [1.82, 2.24) is 5.06 Å². The summed E-state index contributed by atoms with van der Waals surface area (Å²) in [6, 6.07) is 13.9. The van der Waals surface area contributed by atoms with E-state index < -0.39 is 43.4 Å². The Bertz CT molecular complexity index is 1020. The molecule has 0 aliphatic carbocycles. The molecule has 1 aliphatic rings. The number of carboxylic acid groups (broad SMARTS) is 2. The van der Waals surface area contributed by atoms with Gasteiger partial charge in [-0.15, -0.1) is 0 Å². The Hall–Kier alpha value is -2.75. The number of hydroxylamine groups is 2. The van der Waals surface area contributed by atoms with E-state index in [9.17, 15) is 24.4 Å². The van der Waals surface area contributed by atoms with E-state index in [1.807, 2.05) is 0 Å². The zero-order valence-electron chi connectivity index (χ0n) is 19.1. The lowest BCUT2D eigenvalue weighted by atomic mass is 9.89. The molecule has 2 aromatic carbocycles. The van der Waals surface area contributed by atoms with Crippen LogP contribution in [0.1, 0.15) is 36.8 Å². The van der Waals surface area contributed by atoms with Crippen LogP contribution in [-0.4, -0.2) is 53.6 Å². The van der Waals surface area contributed by atoms with Crippen LogP contribution in [-0.2, 0) is 28.0 Å². The number of methoxy groups -OCH3 is 1. The summed E-state index contributed by atoms with van der Waals surface area (Å²) in [6.07, 6.45) is -1.73. The van der Waals surface area contributed by atoms with Gasteiger partial charge in [-0.1, -0.05) is 42.5 Å². The molecule has 4 atom stereocenters. The van der Waals surface area contributed by atoms with Crippen molar-refractivity contribution in [1.29, 1.82) is 0 Å². The number of nitrogens with zero attached hydrogens (tertiary/aromatic N) is 1. The third kappa shape index (κ3) is 5.16. The van der Waals surface area contributed by atoms with Gasteiger partial charge in [0.05, 0.1) is 26.4 Å². The fourth-order valence-electron chi connectivity index (χ4n) is 4.05. The van der Waals surface area contributed by atoms with Gasteiger partial charge in [-0.25, -0.2) is 4.79 Å². The predicted octanol–water partition coefficient (Wildman–Crippen LogP) is 4.10. The molecule has 0 radical (unpaired) electrons. The van der Waals surface area contributed by atoms with E-state index >= 15 is 0 Å². The number of rotatable bonds is 11. The summed E-state index contributed by atoms with van der Waals surface area (Å²) in [5.41, 5.74) is 0.902. The quantitative estimate of drug-likeness (QED) is 0.441. The minimum Gasteiger partial charge on any atom is -0.497 e. The minimum absolute atomic E-state index is 0.0480. The number of hydrogen-bond acceptors (Lipinski definition) is 8. The Balaban J connectivity index is 2.24. The summed E-state index contributed by atoms with van der Waals surface area (Å²) in [7, 11) is -2.50. The van der Waals surface area contributed by atoms with Crippen molar-refractivity contribution in [2.24, 2.45) is 5.92 Å². The molecular weight excluding hydrogens is 465 g/mol. The smallest absolute Gasteiger partial charge is 0.354 e. The Morgan fingerprint density at radius 3 is 2.06 bits per heavy atom. The highest BCUT2D eigenvalue weighted by atomic mass is 31.2. The molecule has 2 aromatic rings. The lowest BCUT2D eigenvalue weighted by molar-refractivity contribution is -0.195. The Labute approximate surface area is 197 Å². The van der Waals surface area contributed by atoms with Crippen LogP contribution >= 0.6 is 7.60 Å². The molecule has 3 rings (SSSR count). The summed E-state index contributed by atoms with van der Waals surface area (Å²) in [6.45, 7) is 3.40. The first-order valence-electron chi connectivity index (χ1n) is 10.8. The van der Waals surface area contributed by atoms with Gasteiger partial charge in [0.15, 0.2) is 11.9 Å². The molecule has 34 heavy (non-hydrogen) atoms. The fraction of sp³-hybridized carbons (Fsp3) is 0.391. The monoisotopic (exact) mass is 493 g/mol. The van der Waals surface area contributed by atoms with Gasteiger partial charge >= 0.3 is 19.5 Å². The van der Waals surface area contributed by atoms with Gasteiger partial charge in [0.2, 0.25) is 0 Å². The molecule has 1 aliphatic heterocycles. The first-order valence-corrected chi connectivity index (χ1v) is 12.4. The maximum absolute atomic E-state index is 14.1. The summed E-state index contributed by atoms with van der Waals surface area (Å²) >= 11 is 0. The highest BCUT2D eigenvalue weighted by Gasteiger charge is 2.58. The fourth-order valence-corrected chi connectivity index (χ4v) is 6.14. The highest BCUT2D eigenvalue weighted by molar-refractivity contribution is 7.54. The Morgan fingerprint density at radius 1 is 1.00 bits per heavy atom. The number of ether oxygens (including phenoxy) is 1. The molecule has 1 fully saturated rings. The second kappa shape index (κ2) is 11.1. The van der Waals surface area contributed by atoms with E-state index in [-0.39, 0.29) is 13.2 Å². The van der Waals surface area contributed by atoms with Gasteiger partial charge in [0.1, 0.15) is 11.7 Å². The number of aliphatic carboxylic acids is 2. The van der Waals surface area contributed by atoms with Crippen LogP contribution in [0.25, 0.3) is 0 Å². The molecule has 10 nitrogen and oxygen atoms in total. The molecule has 1 unspecified atom stereocenters. The molecule has 1 heterocycles. The zero-order valence-corrected chi connectivity index (χ0v) is 20.0. The third-order valence-corrected chi connectivity index (χ3v) is 7.78. The first kappa shape index (κ1) is 25.9. The van der Waals surface area contributed by atoms with E-state index in [4.69, 9.17) is 18.6 Å². The van der Waals surface area contributed by atoms with Gasteiger partial charge < -0.3 is 24.0 Å². The van der Waals surface area contributed by atoms with Crippen molar-refractivity contribution in [3.8, 4) is 5.75 Å². The number of carboxylic acids is 2. The maximum atomic E-state index is 14.1. The van der Waals surface area contributed by atoms with Gasteiger partial charge in [0, 0.05) is 0 Å². The second-order valence-electron chi connectivity index (χ2n) is 7.47. The molecule has 0 saturated carbocycles. The molecular formula is C23H28NO9P. The molecule has 0 aromatic heterocycles. The average molecular weight is 493 g/mol. The van der Waals surface area contributed by atoms with Crippen LogP contribution < -0.4 is 4.74 Å². The number of hydrogen-bond donors (Lipinski definition) is 2. The lowest BCUT2D eigenvalue weighted by Gasteiger charge is -2.36. The first-order chi connectivity index (χ1) is 16.3. The average Bonchev–Trinajstić information content (AvgIpc) is 3.21. The van der Waals surface area contributed by atoms with Crippen LogP contribution in [0, 0.1) is 5.92 Å². The second-order valence-corrected chi connectivity index (χ2v) is 9.55. The summed E-state index contributed by atoms with van der Waals surface area (Å²) in [5, 5.41) is 21.0. The van der Waals surface area contributed by atoms with Gasteiger partial charge in [-0.3, -0.25) is 14.2 Å². The molecule has 0 spiro atoms. The summed E-state index contributed by atoms with van der Waals surface area (Å²) in [5.74, 6) is -5.03. The van der Waals surface area contributed by atoms with Crippen molar-refractivity contribution >= 4 is 19.5 Å². The normalized spacial score (nSPS) is 21.8. The largest absolute Gasteiger partial charge is 0.497 e. The van der Waals surface area contributed by atoms with Crippen molar-refractivity contribution in [3.05, 3.63) is 65.7 Å². The van der Waals surface area contributed by atoms with E-state index in [0.717, 1.165) is 5.06 Å². The SMILES string of the molecule is CCOP(=O)(OCC)C(c1ccccc1)N1O[C@@H](C(=O)O)[C@@H](C(=O)O)[C@@H]1c1ccc(OC)cc1. The van der Waals surface area contributed by atoms with Gasteiger partial charge in [-0.05, 0) is 37.1 Å². The molecule has 1 saturated heterocycles. The maximum Gasteiger partial charge on any atom is 0.354 e. The van der Waals surface area contributed by atoms with E-state index in [0.29, 0.717) is 16.9 Å². The number of carbonyl (C=O) groups is 2. The number of benzene rings is 2. The van der Waals surface area contributed by atoms with E-state index in [2.05, 4.69) is 0 Å². The summed E-state index contributed by atoms with van der Waals surface area (Å²) < 4.78 is 30.5. The van der Waals surface area contributed by atoms with E-state index in [1.54, 1.807) is 68.4 Å². The van der Waals surface area contributed by atoms with Crippen LogP contribution in [0.3, 0.4) is 0 Å². The highest BCUT2D eigenvalue weighted by Crippen LogP contribution is 2.65. The standard InChI is InChI=1S/C23H28NO9P/c1-4-31-34(29,32-5-2)21(16-9-7-6-8-10-16)24-19(15-11-13-17(30-3)14-12-15)18(22(25)26)20(33-24)23(27)28/h6-14,18-21H,4-5H2,1-3H3,(H,25,26)(H,27,28)/t18-,19-,20+,21?/m0/s1.